The molecule has 0 bridgehead atoms. The highest BCUT2D eigenvalue weighted by atomic mass is 32.2. The summed E-state index contributed by atoms with van der Waals surface area (Å²) in [4.78, 5) is 0. The summed E-state index contributed by atoms with van der Waals surface area (Å²) < 4.78 is 39.2. The number of nitrogens with one attached hydrogen (secondary N) is 2. The summed E-state index contributed by atoms with van der Waals surface area (Å²) in [7, 11) is 0. The van der Waals surface area contributed by atoms with Gasteiger partial charge < -0.3 is 5.43 Å². The van der Waals surface area contributed by atoms with Crippen LogP contribution >= 0.6 is 11.8 Å². The molecule has 0 unspecified atom stereocenters. The molecular weight excluding hydrogens is 335 g/mol. The summed E-state index contributed by atoms with van der Waals surface area (Å²) in [5, 5.41) is 8.65. The van der Waals surface area contributed by atoms with Crippen molar-refractivity contribution < 1.29 is 13.2 Å². The van der Waals surface area contributed by atoms with Gasteiger partial charge in [-0.2, -0.15) is 18.4 Å². The Labute approximate surface area is 142 Å². The van der Waals surface area contributed by atoms with E-state index in [2.05, 4.69) is 10.9 Å². The highest BCUT2D eigenvalue weighted by Gasteiger charge is 2.37. The van der Waals surface area contributed by atoms with E-state index in [9.17, 15) is 13.2 Å². The quantitative estimate of drug-likeness (QED) is 0.579. The third kappa shape index (κ3) is 5.25. The largest absolute Gasteiger partial charge is 0.428 e. The number of hydrogen-bond donors (Lipinski definition) is 2. The number of nitrogens with zero attached hydrogens (tertiary/aromatic N) is 1. The molecule has 2 rings (SSSR count). The van der Waals surface area contributed by atoms with Gasteiger partial charge in [0.05, 0.1) is 5.69 Å². The van der Waals surface area contributed by atoms with Crippen molar-refractivity contribution in [2.75, 3.05) is 5.43 Å². The van der Waals surface area contributed by atoms with Gasteiger partial charge in [0.15, 0.2) is 5.57 Å². The Hall–Kier alpha value is -2.59. The van der Waals surface area contributed by atoms with Gasteiger partial charge in [0.25, 0.3) is 0 Å². The molecule has 0 aliphatic heterocycles. The third-order valence-electron chi connectivity index (χ3n) is 2.94. The predicted octanol–water partition coefficient (Wildman–Crippen LogP) is 4.83. The zero-order valence-electron chi connectivity index (χ0n) is 12.5. The Morgan fingerprint density at radius 3 is 2.12 bits per heavy atom. The first-order valence-electron chi connectivity index (χ1n) is 6.96. The van der Waals surface area contributed by atoms with E-state index in [0.29, 0.717) is 11.4 Å². The molecule has 0 fully saturated rings. The van der Waals surface area contributed by atoms with Crippen molar-refractivity contribution in [1.82, 2.24) is 5.43 Å². The number of hydrazine groups is 1. The standard InChI is InChI=1S/C17H14F3N3S/c18-17(19,20)15(11-21)16(23-22-14-9-5-2-6-10-14)24-12-13-7-3-1-4-8-13/h1-10,22-23H,12H2/b16-15+. The Bertz CT molecular complexity index is 677. The van der Waals surface area contributed by atoms with Crippen LogP contribution < -0.4 is 10.9 Å². The molecule has 0 aliphatic carbocycles. The molecule has 2 N–H and O–H groups in total. The van der Waals surface area contributed by atoms with Crippen molar-refractivity contribution in [3.63, 3.8) is 0 Å². The number of allylic oxidation sites excluding steroid dienone is 1. The van der Waals surface area contributed by atoms with Crippen LogP contribution in [0.1, 0.15) is 5.56 Å². The maximum atomic E-state index is 13.1. The lowest BCUT2D eigenvalue weighted by Gasteiger charge is -2.16. The summed E-state index contributed by atoms with van der Waals surface area (Å²) in [5.74, 6) is 0.306. The minimum Gasteiger partial charge on any atom is -0.300 e. The first-order valence-corrected chi connectivity index (χ1v) is 7.94. The lowest BCUT2D eigenvalue weighted by molar-refractivity contribution is -0.0879. The summed E-state index contributed by atoms with van der Waals surface area (Å²) >= 11 is 0.917. The average Bonchev–Trinajstić information content (AvgIpc) is 2.58. The number of thioether (sulfide) groups is 1. The van der Waals surface area contributed by atoms with Crippen LogP contribution in [0.3, 0.4) is 0 Å². The minimum atomic E-state index is -4.72. The second-order valence-corrected chi connectivity index (χ2v) is 5.69. The zero-order valence-corrected chi connectivity index (χ0v) is 13.3. The second kappa shape index (κ2) is 8.31. The van der Waals surface area contributed by atoms with E-state index in [4.69, 9.17) is 5.26 Å². The van der Waals surface area contributed by atoms with Gasteiger partial charge in [0.1, 0.15) is 11.1 Å². The number of rotatable bonds is 6. The lowest BCUT2D eigenvalue weighted by atomic mass is 10.2. The Balaban J connectivity index is 2.18. The number of benzene rings is 2. The molecule has 0 aliphatic rings. The minimum absolute atomic E-state index is 0.266. The molecule has 24 heavy (non-hydrogen) atoms. The van der Waals surface area contributed by atoms with E-state index in [0.717, 1.165) is 17.3 Å². The van der Waals surface area contributed by atoms with Crippen LogP contribution in [-0.2, 0) is 5.75 Å². The zero-order chi connectivity index (χ0) is 17.4. The maximum Gasteiger partial charge on any atom is 0.428 e. The van der Waals surface area contributed by atoms with E-state index in [1.54, 1.807) is 30.3 Å². The molecule has 2 aromatic carbocycles. The van der Waals surface area contributed by atoms with Gasteiger partial charge in [-0.25, -0.2) is 0 Å². The van der Waals surface area contributed by atoms with Gasteiger partial charge in [-0.1, -0.05) is 48.5 Å². The van der Waals surface area contributed by atoms with Crippen LogP contribution in [0.25, 0.3) is 0 Å². The van der Waals surface area contributed by atoms with Gasteiger partial charge in [0, 0.05) is 5.75 Å². The number of para-hydroxylation sites is 1. The van der Waals surface area contributed by atoms with Crippen molar-refractivity contribution >= 4 is 17.4 Å². The number of halogens is 3. The summed E-state index contributed by atoms with van der Waals surface area (Å²) in [6, 6.07) is 19.0. The summed E-state index contributed by atoms with van der Waals surface area (Å²) in [5.41, 5.74) is 5.40. The van der Waals surface area contributed by atoms with Crippen LogP contribution in [0.15, 0.2) is 71.3 Å². The first-order chi connectivity index (χ1) is 11.5. The van der Waals surface area contributed by atoms with Crippen molar-refractivity contribution in [3.8, 4) is 6.07 Å². The van der Waals surface area contributed by atoms with Gasteiger partial charge in [-0.15, -0.1) is 11.8 Å². The van der Waals surface area contributed by atoms with Crippen LogP contribution in [0, 0.1) is 11.3 Å². The van der Waals surface area contributed by atoms with Crippen molar-refractivity contribution in [3.05, 3.63) is 76.8 Å². The normalized spacial score (nSPS) is 12.1. The molecule has 124 valence electrons. The Kier molecular flexibility index (Phi) is 6.15. The molecule has 2 aromatic rings. The van der Waals surface area contributed by atoms with Gasteiger partial charge in [-0.05, 0) is 17.7 Å². The Morgan fingerprint density at radius 2 is 1.58 bits per heavy atom. The monoisotopic (exact) mass is 349 g/mol. The van der Waals surface area contributed by atoms with Crippen molar-refractivity contribution in [1.29, 1.82) is 5.26 Å². The molecule has 0 amide bonds. The molecule has 3 nitrogen and oxygen atoms in total. The summed E-state index contributed by atoms with van der Waals surface area (Å²) in [6.07, 6.45) is -4.72. The number of hydrogen-bond acceptors (Lipinski definition) is 4. The molecule has 0 saturated carbocycles. The SMILES string of the molecule is N#C/C(=C(/NNc1ccccc1)SCc1ccccc1)C(F)(F)F. The highest BCUT2D eigenvalue weighted by molar-refractivity contribution is 8.02. The van der Waals surface area contributed by atoms with E-state index in [-0.39, 0.29) is 5.03 Å². The smallest absolute Gasteiger partial charge is 0.300 e. The van der Waals surface area contributed by atoms with E-state index in [1.165, 1.54) is 6.07 Å². The van der Waals surface area contributed by atoms with Crippen molar-refractivity contribution in [2.45, 2.75) is 11.9 Å². The van der Waals surface area contributed by atoms with Gasteiger partial charge in [-0.3, -0.25) is 5.43 Å². The highest BCUT2D eigenvalue weighted by Crippen LogP contribution is 2.32. The van der Waals surface area contributed by atoms with E-state index in [1.807, 2.05) is 30.3 Å². The number of nitriles is 1. The molecule has 7 heteroatoms. The molecule has 0 aromatic heterocycles. The summed E-state index contributed by atoms with van der Waals surface area (Å²) in [6.45, 7) is 0. The Morgan fingerprint density at radius 1 is 1.00 bits per heavy atom. The molecular formula is C17H14F3N3S. The maximum absolute atomic E-state index is 13.1. The third-order valence-corrected chi connectivity index (χ3v) is 4.02. The van der Waals surface area contributed by atoms with E-state index >= 15 is 0 Å². The average molecular weight is 349 g/mol. The number of anilines is 1. The van der Waals surface area contributed by atoms with Gasteiger partial charge >= 0.3 is 6.18 Å². The fourth-order valence-electron chi connectivity index (χ4n) is 1.79. The fraction of sp³-hybridized carbons (Fsp3) is 0.118. The fourth-order valence-corrected chi connectivity index (χ4v) is 2.73. The van der Waals surface area contributed by atoms with Crippen LogP contribution in [-0.4, -0.2) is 6.18 Å². The molecule has 0 radical (unpaired) electrons. The first kappa shape index (κ1) is 17.8. The van der Waals surface area contributed by atoms with Crippen LogP contribution in [0.4, 0.5) is 18.9 Å². The molecule has 0 heterocycles. The topological polar surface area (TPSA) is 47.9 Å². The predicted molar refractivity (Wildman–Crippen MR) is 89.6 cm³/mol. The van der Waals surface area contributed by atoms with Crippen LogP contribution in [0.2, 0.25) is 0 Å². The molecule has 0 spiro atoms. The molecule has 0 atom stereocenters. The van der Waals surface area contributed by atoms with Crippen LogP contribution in [0.5, 0.6) is 0 Å². The number of alkyl halides is 3. The van der Waals surface area contributed by atoms with Gasteiger partial charge in [0.2, 0.25) is 0 Å². The molecule has 0 saturated heterocycles. The van der Waals surface area contributed by atoms with Crippen molar-refractivity contribution in [2.24, 2.45) is 0 Å². The second-order valence-electron chi connectivity index (χ2n) is 4.70. The van der Waals surface area contributed by atoms with E-state index < -0.39 is 11.7 Å². The lowest BCUT2D eigenvalue weighted by Crippen LogP contribution is -2.25.